The first-order valence-electron chi connectivity index (χ1n) is 7.55. The molecule has 0 saturated heterocycles. The second-order valence-electron chi connectivity index (χ2n) is 5.02. The summed E-state index contributed by atoms with van der Waals surface area (Å²) in [5.41, 5.74) is 1.80. The van der Waals surface area contributed by atoms with Crippen LogP contribution in [0.5, 0.6) is 5.75 Å². The van der Waals surface area contributed by atoms with E-state index in [-0.39, 0.29) is 0 Å². The van der Waals surface area contributed by atoms with Gasteiger partial charge in [-0.15, -0.1) is 0 Å². The molecular weight excluding hydrogens is 324 g/mol. The van der Waals surface area contributed by atoms with Crippen LogP contribution in [-0.4, -0.2) is 28.1 Å². The molecule has 0 radical (unpaired) electrons. The molecular formula is C17H18N4O2S. The highest BCUT2D eigenvalue weighted by Crippen LogP contribution is 2.23. The molecule has 0 spiro atoms. The number of rotatable bonds is 8. The minimum Gasteiger partial charge on any atom is -0.487 e. The van der Waals surface area contributed by atoms with Crippen LogP contribution in [0.3, 0.4) is 0 Å². The summed E-state index contributed by atoms with van der Waals surface area (Å²) in [6, 6.07) is 13.5. The zero-order valence-corrected chi connectivity index (χ0v) is 14.1. The predicted octanol–water partition coefficient (Wildman–Crippen LogP) is 3.44. The van der Waals surface area contributed by atoms with E-state index in [1.807, 2.05) is 42.5 Å². The van der Waals surface area contributed by atoms with Crippen molar-refractivity contribution < 1.29 is 9.47 Å². The Morgan fingerprint density at radius 1 is 1.17 bits per heavy atom. The molecule has 124 valence electrons. The molecule has 2 heterocycles. The smallest absolute Gasteiger partial charge is 0.207 e. The summed E-state index contributed by atoms with van der Waals surface area (Å²) in [4.78, 5) is 8.68. The molecule has 7 heteroatoms. The van der Waals surface area contributed by atoms with E-state index in [4.69, 9.17) is 9.47 Å². The van der Waals surface area contributed by atoms with Crippen LogP contribution in [0, 0.1) is 0 Å². The van der Waals surface area contributed by atoms with Crippen molar-refractivity contribution in [3.05, 3.63) is 60.2 Å². The van der Waals surface area contributed by atoms with Crippen molar-refractivity contribution in [2.45, 2.75) is 13.0 Å². The molecule has 3 aromatic rings. The number of hydrogen-bond donors (Lipinski definition) is 1. The summed E-state index contributed by atoms with van der Waals surface area (Å²) in [6.45, 7) is 1.05. The van der Waals surface area contributed by atoms with Crippen LogP contribution in [0.4, 0.5) is 10.8 Å². The summed E-state index contributed by atoms with van der Waals surface area (Å²) in [6.07, 6.45) is 2.47. The van der Waals surface area contributed by atoms with E-state index in [2.05, 4.69) is 19.7 Å². The van der Waals surface area contributed by atoms with Gasteiger partial charge in [0.25, 0.3) is 0 Å². The first-order valence-corrected chi connectivity index (χ1v) is 8.32. The van der Waals surface area contributed by atoms with Crippen molar-refractivity contribution in [1.82, 2.24) is 14.3 Å². The van der Waals surface area contributed by atoms with E-state index in [0.29, 0.717) is 19.6 Å². The second kappa shape index (κ2) is 8.37. The molecule has 0 bridgehead atoms. The van der Waals surface area contributed by atoms with E-state index >= 15 is 0 Å². The maximum atomic E-state index is 5.78. The normalized spacial score (nSPS) is 10.5. The van der Waals surface area contributed by atoms with E-state index in [1.165, 1.54) is 11.5 Å². The summed E-state index contributed by atoms with van der Waals surface area (Å²) >= 11 is 1.33. The Kier molecular flexibility index (Phi) is 5.70. The molecule has 24 heavy (non-hydrogen) atoms. The van der Waals surface area contributed by atoms with E-state index in [0.717, 1.165) is 28.1 Å². The van der Waals surface area contributed by atoms with Gasteiger partial charge in [0.05, 0.1) is 12.3 Å². The quantitative estimate of drug-likeness (QED) is 0.676. The average molecular weight is 342 g/mol. The lowest BCUT2D eigenvalue weighted by molar-refractivity contribution is 0.201. The van der Waals surface area contributed by atoms with Crippen molar-refractivity contribution in [2.24, 2.45) is 0 Å². The molecule has 0 amide bonds. The topological polar surface area (TPSA) is 69.2 Å². The molecule has 0 aliphatic rings. The van der Waals surface area contributed by atoms with Crippen molar-refractivity contribution in [3.63, 3.8) is 0 Å². The van der Waals surface area contributed by atoms with Gasteiger partial charge >= 0.3 is 0 Å². The predicted molar refractivity (Wildman–Crippen MR) is 93.8 cm³/mol. The minimum atomic E-state index is 0.435. The number of aromatic nitrogens is 3. The lowest BCUT2D eigenvalue weighted by Crippen LogP contribution is -1.98. The van der Waals surface area contributed by atoms with Crippen molar-refractivity contribution in [1.29, 1.82) is 0 Å². The van der Waals surface area contributed by atoms with Gasteiger partial charge in [-0.2, -0.15) is 4.37 Å². The maximum absolute atomic E-state index is 5.78. The van der Waals surface area contributed by atoms with Gasteiger partial charge in [0, 0.05) is 43.0 Å². The lowest BCUT2D eigenvalue weighted by atomic mass is 10.3. The number of hydrogen-bond acceptors (Lipinski definition) is 7. The summed E-state index contributed by atoms with van der Waals surface area (Å²) in [7, 11) is 1.67. The highest BCUT2D eigenvalue weighted by atomic mass is 32.1. The fourth-order valence-electron chi connectivity index (χ4n) is 2.03. The molecule has 0 unspecified atom stereocenters. The first-order chi connectivity index (χ1) is 11.8. The lowest BCUT2D eigenvalue weighted by Gasteiger charge is -2.08. The Hall–Kier alpha value is -2.51. The SMILES string of the molecule is COCCc1nsc(Nc2cccc(OCc3ccccn3)c2)n1. The Balaban J connectivity index is 1.59. The van der Waals surface area contributed by atoms with E-state index in [1.54, 1.807) is 13.3 Å². The van der Waals surface area contributed by atoms with Crippen LogP contribution >= 0.6 is 11.5 Å². The van der Waals surface area contributed by atoms with Gasteiger partial charge in [-0.3, -0.25) is 4.98 Å². The molecule has 0 saturated carbocycles. The van der Waals surface area contributed by atoms with Gasteiger partial charge in [-0.05, 0) is 24.3 Å². The Bertz CT molecular complexity index is 764. The maximum Gasteiger partial charge on any atom is 0.207 e. The number of nitrogens with zero attached hydrogens (tertiary/aromatic N) is 3. The number of anilines is 2. The van der Waals surface area contributed by atoms with Gasteiger partial charge in [-0.25, -0.2) is 4.98 Å². The Morgan fingerprint density at radius 2 is 2.12 bits per heavy atom. The van der Waals surface area contributed by atoms with Crippen LogP contribution in [0.25, 0.3) is 0 Å². The molecule has 2 aromatic heterocycles. The summed E-state index contributed by atoms with van der Waals surface area (Å²) in [5, 5.41) is 4.00. The fourth-order valence-corrected chi connectivity index (χ4v) is 2.66. The molecule has 6 nitrogen and oxygen atoms in total. The molecule has 0 aliphatic carbocycles. The first kappa shape index (κ1) is 16.4. The van der Waals surface area contributed by atoms with Gasteiger partial charge in [0.2, 0.25) is 5.13 Å². The number of methoxy groups -OCH3 is 1. The second-order valence-corrected chi connectivity index (χ2v) is 5.77. The molecule has 1 N–H and O–H groups in total. The third-order valence-electron chi connectivity index (χ3n) is 3.20. The molecule has 1 aromatic carbocycles. The van der Waals surface area contributed by atoms with Crippen LogP contribution in [0.15, 0.2) is 48.7 Å². The van der Waals surface area contributed by atoms with Crippen molar-refractivity contribution >= 4 is 22.4 Å². The molecule has 0 aliphatic heterocycles. The number of nitrogens with one attached hydrogen (secondary N) is 1. The zero-order valence-electron chi connectivity index (χ0n) is 13.3. The van der Waals surface area contributed by atoms with Crippen LogP contribution in [0.2, 0.25) is 0 Å². The molecule has 0 atom stereocenters. The highest BCUT2D eigenvalue weighted by molar-refractivity contribution is 7.09. The Labute approximate surface area is 144 Å². The van der Waals surface area contributed by atoms with Gasteiger partial charge in [0.15, 0.2) is 0 Å². The average Bonchev–Trinajstić information content (AvgIpc) is 3.07. The van der Waals surface area contributed by atoms with Crippen molar-refractivity contribution in [2.75, 3.05) is 19.0 Å². The van der Waals surface area contributed by atoms with Crippen LogP contribution in [-0.2, 0) is 17.8 Å². The number of ether oxygens (including phenoxy) is 2. The van der Waals surface area contributed by atoms with Gasteiger partial charge in [-0.1, -0.05) is 12.1 Å². The van der Waals surface area contributed by atoms with Crippen molar-refractivity contribution in [3.8, 4) is 5.75 Å². The zero-order chi connectivity index (χ0) is 16.6. The number of pyridine rings is 1. The fraction of sp³-hybridized carbons (Fsp3) is 0.235. The summed E-state index contributed by atoms with van der Waals surface area (Å²) < 4.78 is 15.1. The third-order valence-corrected chi connectivity index (χ3v) is 3.86. The van der Waals surface area contributed by atoms with Gasteiger partial charge < -0.3 is 14.8 Å². The van der Waals surface area contributed by atoms with Gasteiger partial charge in [0.1, 0.15) is 18.2 Å². The number of benzene rings is 1. The monoisotopic (exact) mass is 342 g/mol. The van der Waals surface area contributed by atoms with E-state index in [9.17, 15) is 0 Å². The van der Waals surface area contributed by atoms with Crippen LogP contribution < -0.4 is 10.1 Å². The molecule has 3 rings (SSSR count). The Morgan fingerprint density at radius 3 is 2.96 bits per heavy atom. The largest absolute Gasteiger partial charge is 0.487 e. The molecule has 0 fully saturated rings. The van der Waals surface area contributed by atoms with Crippen LogP contribution in [0.1, 0.15) is 11.5 Å². The minimum absolute atomic E-state index is 0.435. The van der Waals surface area contributed by atoms with E-state index < -0.39 is 0 Å². The summed E-state index contributed by atoms with van der Waals surface area (Å²) in [5.74, 6) is 1.56. The highest BCUT2D eigenvalue weighted by Gasteiger charge is 2.05. The standard InChI is InChI=1S/C17H18N4O2S/c1-22-10-8-16-20-17(24-21-16)19-13-6-4-7-15(11-13)23-12-14-5-2-3-9-18-14/h2-7,9,11H,8,10,12H2,1H3,(H,19,20,21). The third kappa shape index (κ3) is 4.74.